The van der Waals surface area contributed by atoms with Gasteiger partial charge in [-0.25, -0.2) is 0 Å². The van der Waals surface area contributed by atoms with Crippen LogP contribution in [0.1, 0.15) is 6.92 Å². The maximum atomic E-state index is 12.1. The average molecular weight is 250 g/mol. The minimum Gasteiger partial charge on any atom is -0.492 e. The summed E-state index contributed by atoms with van der Waals surface area (Å²) in [7, 11) is 0. The van der Waals surface area contributed by atoms with Crippen LogP contribution < -0.4 is 15.8 Å². The van der Waals surface area contributed by atoms with Gasteiger partial charge in [0, 0.05) is 6.04 Å². The first-order chi connectivity index (χ1) is 8.72. The molecule has 1 aliphatic rings. The van der Waals surface area contributed by atoms with Crippen molar-refractivity contribution >= 4 is 11.6 Å². The number of nitrogens with two attached hydrogens (primary N) is 1. The van der Waals surface area contributed by atoms with Crippen molar-refractivity contribution in [2.75, 3.05) is 25.1 Å². The van der Waals surface area contributed by atoms with E-state index >= 15 is 0 Å². The number of hydrogen-bond donors (Lipinski definition) is 2. The van der Waals surface area contributed by atoms with E-state index in [0.29, 0.717) is 31.3 Å². The second-order valence-electron chi connectivity index (χ2n) is 4.23. The van der Waals surface area contributed by atoms with Gasteiger partial charge >= 0.3 is 0 Å². The monoisotopic (exact) mass is 250 g/mol. The highest BCUT2D eigenvalue weighted by Gasteiger charge is 2.31. The van der Waals surface area contributed by atoms with Gasteiger partial charge in [0.2, 0.25) is 5.91 Å². The summed E-state index contributed by atoms with van der Waals surface area (Å²) < 4.78 is 10.6. The molecule has 0 saturated carbocycles. The molecule has 1 aliphatic heterocycles. The van der Waals surface area contributed by atoms with Crippen LogP contribution in [0.15, 0.2) is 24.3 Å². The van der Waals surface area contributed by atoms with E-state index in [2.05, 4.69) is 5.32 Å². The van der Waals surface area contributed by atoms with Crippen molar-refractivity contribution in [2.24, 2.45) is 11.7 Å². The van der Waals surface area contributed by atoms with Gasteiger partial charge < -0.3 is 20.5 Å². The number of nitrogens with one attached hydrogen (secondary N) is 1. The minimum atomic E-state index is -0.292. The summed E-state index contributed by atoms with van der Waals surface area (Å²) in [5.74, 6) is 0.257. The number of amides is 1. The predicted octanol–water partition coefficient (Wildman–Crippen LogP) is 0.997. The van der Waals surface area contributed by atoms with Crippen LogP contribution in [0.5, 0.6) is 5.75 Å². The topological polar surface area (TPSA) is 73.6 Å². The molecule has 5 nitrogen and oxygen atoms in total. The van der Waals surface area contributed by atoms with Crippen molar-refractivity contribution in [3.63, 3.8) is 0 Å². The van der Waals surface area contributed by atoms with Crippen LogP contribution in [0, 0.1) is 5.92 Å². The standard InChI is InChI=1S/C13H18N2O3/c1-2-18-12-6-4-3-5-11(12)15-13(16)9-7-17-8-10(9)14/h3-6,9-10H,2,7-8,14H2,1H3,(H,15,16). The first-order valence-corrected chi connectivity index (χ1v) is 6.08. The first kappa shape index (κ1) is 12.9. The van der Waals surface area contributed by atoms with Crippen molar-refractivity contribution < 1.29 is 14.3 Å². The third-order valence-electron chi connectivity index (χ3n) is 2.91. The molecule has 2 rings (SSSR count). The average Bonchev–Trinajstić information content (AvgIpc) is 2.78. The number of carbonyl (C=O) groups excluding carboxylic acids is 1. The molecule has 0 aromatic heterocycles. The van der Waals surface area contributed by atoms with Crippen LogP contribution in [0.2, 0.25) is 0 Å². The molecule has 3 N–H and O–H groups in total. The Hall–Kier alpha value is -1.59. The molecule has 5 heteroatoms. The summed E-state index contributed by atoms with van der Waals surface area (Å²) in [5, 5.41) is 2.84. The Morgan fingerprint density at radius 2 is 2.28 bits per heavy atom. The maximum Gasteiger partial charge on any atom is 0.231 e. The molecule has 1 aromatic carbocycles. The van der Waals surface area contributed by atoms with Gasteiger partial charge in [-0.05, 0) is 19.1 Å². The summed E-state index contributed by atoms with van der Waals surface area (Å²) in [5.41, 5.74) is 6.48. The van der Waals surface area contributed by atoms with Crippen molar-refractivity contribution in [2.45, 2.75) is 13.0 Å². The third kappa shape index (κ3) is 2.80. The van der Waals surface area contributed by atoms with E-state index in [9.17, 15) is 4.79 Å². The Balaban J connectivity index is 2.06. The highest BCUT2D eigenvalue weighted by atomic mass is 16.5. The Morgan fingerprint density at radius 3 is 2.94 bits per heavy atom. The number of benzene rings is 1. The van der Waals surface area contributed by atoms with Gasteiger partial charge in [0.05, 0.1) is 31.4 Å². The fourth-order valence-corrected chi connectivity index (χ4v) is 1.92. The van der Waals surface area contributed by atoms with E-state index < -0.39 is 0 Å². The highest BCUT2D eigenvalue weighted by Crippen LogP contribution is 2.25. The van der Waals surface area contributed by atoms with Crippen LogP contribution in [-0.4, -0.2) is 31.8 Å². The molecule has 1 amide bonds. The smallest absolute Gasteiger partial charge is 0.231 e. The third-order valence-corrected chi connectivity index (χ3v) is 2.91. The molecule has 98 valence electrons. The second kappa shape index (κ2) is 5.84. The van der Waals surface area contributed by atoms with E-state index in [1.165, 1.54) is 0 Å². The molecule has 2 atom stereocenters. The molecular weight excluding hydrogens is 232 g/mol. The van der Waals surface area contributed by atoms with Gasteiger partial charge in [-0.1, -0.05) is 12.1 Å². The molecule has 1 fully saturated rings. The zero-order valence-corrected chi connectivity index (χ0v) is 10.4. The van der Waals surface area contributed by atoms with Crippen molar-refractivity contribution in [1.29, 1.82) is 0 Å². The number of anilines is 1. The molecule has 0 spiro atoms. The molecule has 1 heterocycles. The van der Waals surface area contributed by atoms with Gasteiger partial charge in [0.25, 0.3) is 0 Å². The molecule has 1 aromatic rings. The zero-order chi connectivity index (χ0) is 13.0. The Labute approximate surface area is 106 Å². The second-order valence-corrected chi connectivity index (χ2v) is 4.23. The molecule has 0 bridgehead atoms. The summed E-state index contributed by atoms with van der Waals surface area (Å²) in [6, 6.07) is 7.12. The molecule has 2 unspecified atom stereocenters. The van der Waals surface area contributed by atoms with Crippen LogP contribution in [0.4, 0.5) is 5.69 Å². The maximum absolute atomic E-state index is 12.1. The summed E-state index contributed by atoms with van der Waals surface area (Å²) in [6.45, 7) is 3.27. The molecule has 0 radical (unpaired) electrons. The van der Waals surface area contributed by atoms with E-state index in [1.807, 2.05) is 31.2 Å². The number of carbonyl (C=O) groups is 1. The van der Waals surface area contributed by atoms with Crippen molar-refractivity contribution in [1.82, 2.24) is 0 Å². The number of ether oxygens (including phenoxy) is 2. The fourth-order valence-electron chi connectivity index (χ4n) is 1.92. The molecule has 0 aliphatic carbocycles. The number of para-hydroxylation sites is 2. The highest BCUT2D eigenvalue weighted by molar-refractivity contribution is 5.94. The lowest BCUT2D eigenvalue weighted by Gasteiger charge is -2.15. The Bertz CT molecular complexity index is 422. The van der Waals surface area contributed by atoms with Crippen LogP contribution in [0.25, 0.3) is 0 Å². The van der Waals surface area contributed by atoms with Crippen molar-refractivity contribution in [3.8, 4) is 5.75 Å². The van der Waals surface area contributed by atoms with Crippen LogP contribution >= 0.6 is 0 Å². The quantitative estimate of drug-likeness (QED) is 0.836. The van der Waals surface area contributed by atoms with Gasteiger partial charge in [-0.3, -0.25) is 4.79 Å². The zero-order valence-electron chi connectivity index (χ0n) is 10.4. The Kier molecular flexibility index (Phi) is 4.17. The largest absolute Gasteiger partial charge is 0.492 e. The normalized spacial score (nSPS) is 22.8. The first-order valence-electron chi connectivity index (χ1n) is 6.08. The SMILES string of the molecule is CCOc1ccccc1NC(=O)C1COCC1N. The summed E-state index contributed by atoms with van der Waals surface area (Å²) >= 11 is 0. The van der Waals surface area contributed by atoms with Crippen LogP contribution in [0.3, 0.4) is 0 Å². The predicted molar refractivity (Wildman–Crippen MR) is 68.5 cm³/mol. The lowest BCUT2D eigenvalue weighted by molar-refractivity contribution is -0.120. The molecule has 1 saturated heterocycles. The molecule has 18 heavy (non-hydrogen) atoms. The van der Waals surface area contributed by atoms with E-state index in [0.717, 1.165) is 0 Å². The number of hydrogen-bond acceptors (Lipinski definition) is 4. The lowest BCUT2D eigenvalue weighted by Crippen LogP contribution is -2.37. The van der Waals surface area contributed by atoms with E-state index in [4.69, 9.17) is 15.2 Å². The van der Waals surface area contributed by atoms with E-state index in [-0.39, 0.29) is 17.9 Å². The summed E-state index contributed by atoms with van der Waals surface area (Å²) in [6.07, 6.45) is 0. The van der Waals surface area contributed by atoms with E-state index in [1.54, 1.807) is 0 Å². The lowest BCUT2D eigenvalue weighted by atomic mass is 10.0. The number of rotatable bonds is 4. The van der Waals surface area contributed by atoms with Crippen molar-refractivity contribution in [3.05, 3.63) is 24.3 Å². The summed E-state index contributed by atoms with van der Waals surface area (Å²) in [4.78, 5) is 12.1. The van der Waals surface area contributed by atoms with Gasteiger partial charge in [0.1, 0.15) is 5.75 Å². The fraction of sp³-hybridized carbons (Fsp3) is 0.462. The minimum absolute atomic E-state index is 0.118. The van der Waals surface area contributed by atoms with Crippen LogP contribution in [-0.2, 0) is 9.53 Å². The van der Waals surface area contributed by atoms with Gasteiger partial charge in [-0.2, -0.15) is 0 Å². The van der Waals surface area contributed by atoms with Gasteiger partial charge in [0.15, 0.2) is 0 Å². The van der Waals surface area contributed by atoms with Gasteiger partial charge in [-0.15, -0.1) is 0 Å². The Morgan fingerprint density at radius 1 is 1.50 bits per heavy atom. The molecular formula is C13H18N2O3.